The maximum atomic E-state index is 12.5. The standard InChI is InChI=1S/C30H40N2O3/c1-7-10-28(34)32-27-20-24(33)15-17-26(27)31-29(35)19-22(3)12-8-11-21(2)14-16-25-23(4)13-9-18-30(25,5)6/h8,11-12,14-17,19-20,33H,7,9-10,13,18H2,1-6H3,(H,31,35)(H,32,34)/b12-8+,16-14+,21-11-,22-19+. The van der Waals surface area contributed by atoms with E-state index in [4.69, 9.17) is 0 Å². The molecule has 2 amide bonds. The Labute approximate surface area is 210 Å². The molecule has 2 rings (SSSR count). The van der Waals surface area contributed by atoms with Crippen molar-refractivity contribution in [1.82, 2.24) is 0 Å². The third kappa shape index (κ3) is 9.08. The van der Waals surface area contributed by atoms with Crippen molar-refractivity contribution >= 4 is 23.2 Å². The van der Waals surface area contributed by atoms with Crippen LogP contribution in [0.1, 0.15) is 73.6 Å². The van der Waals surface area contributed by atoms with E-state index in [1.165, 1.54) is 48.6 Å². The van der Waals surface area contributed by atoms with E-state index < -0.39 is 0 Å². The summed E-state index contributed by atoms with van der Waals surface area (Å²) >= 11 is 0. The summed E-state index contributed by atoms with van der Waals surface area (Å²) < 4.78 is 0. The van der Waals surface area contributed by atoms with Crippen LogP contribution in [0.4, 0.5) is 11.4 Å². The Bertz CT molecular complexity index is 1080. The minimum atomic E-state index is -0.314. The number of allylic oxidation sites excluding steroid dienone is 9. The smallest absolute Gasteiger partial charge is 0.248 e. The summed E-state index contributed by atoms with van der Waals surface area (Å²) in [6, 6.07) is 4.46. The highest BCUT2D eigenvalue weighted by Crippen LogP contribution is 2.40. The maximum absolute atomic E-state index is 12.5. The van der Waals surface area contributed by atoms with Gasteiger partial charge in [-0.3, -0.25) is 9.59 Å². The van der Waals surface area contributed by atoms with Gasteiger partial charge in [-0.15, -0.1) is 0 Å². The second kappa shape index (κ2) is 12.9. The van der Waals surface area contributed by atoms with Crippen molar-refractivity contribution in [3.05, 3.63) is 76.9 Å². The van der Waals surface area contributed by atoms with Crippen molar-refractivity contribution in [2.24, 2.45) is 5.41 Å². The molecule has 0 heterocycles. The molecular weight excluding hydrogens is 436 g/mol. The van der Waals surface area contributed by atoms with E-state index in [2.05, 4.69) is 50.5 Å². The number of benzene rings is 1. The van der Waals surface area contributed by atoms with Crippen molar-refractivity contribution in [1.29, 1.82) is 0 Å². The lowest BCUT2D eigenvalue weighted by Gasteiger charge is -2.32. The molecule has 0 unspecified atom stereocenters. The average molecular weight is 477 g/mol. The summed E-state index contributed by atoms with van der Waals surface area (Å²) in [5.74, 6) is -0.469. The largest absolute Gasteiger partial charge is 0.508 e. The summed E-state index contributed by atoms with van der Waals surface area (Å²) in [4.78, 5) is 24.5. The molecule has 1 aromatic rings. The van der Waals surface area contributed by atoms with Gasteiger partial charge < -0.3 is 15.7 Å². The molecule has 1 aliphatic carbocycles. The van der Waals surface area contributed by atoms with Gasteiger partial charge in [0, 0.05) is 18.6 Å². The highest BCUT2D eigenvalue weighted by molar-refractivity contribution is 6.04. The third-order valence-corrected chi connectivity index (χ3v) is 6.14. The fraction of sp³-hybridized carbons (Fsp3) is 0.400. The summed E-state index contributed by atoms with van der Waals surface area (Å²) in [6.07, 6.45) is 16.5. The zero-order chi connectivity index (χ0) is 26.0. The molecule has 0 fully saturated rings. The normalized spacial score (nSPS) is 16.7. The van der Waals surface area contributed by atoms with Crippen LogP contribution in [0.5, 0.6) is 5.75 Å². The fourth-order valence-electron chi connectivity index (χ4n) is 4.24. The lowest BCUT2D eigenvalue weighted by molar-refractivity contribution is -0.116. The first-order chi connectivity index (χ1) is 16.5. The molecule has 0 spiro atoms. The van der Waals surface area contributed by atoms with Crippen LogP contribution in [-0.2, 0) is 9.59 Å². The average Bonchev–Trinajstić information content (AvgIpc) is 2.75. The topological polar surface area (TPSA) is 78.4 Å². The Morgan fingerprint density at radius 3 is 2.51 bits per heavy atom. The predicted molar refractivity (Wildman–Crippen MR) is 146 cm³/mol. The van der Waals surface area contributed by atoms with Crippen molar-refractivity contribution in [3.63, 3.8) is 0 Å². The second-order valence-corrected chi connectivity index (χ2v) is 9.94. The number of nitrogens with one attached hydrogen (secondary N) is 2. The molecule has 35 heavy (non-hydrogen) atoms. The van der Waals surface area contributed by atoms with Gasteiger partial charge in [-0.1, -0.05) is 62.3 Å². The lowest BCUT2D eigenvalue weighted by Crippen LogP contribution is -2.19. The number of carbonyl (C=O) groups is 2. The minimum Gasteiger partial charge on any atom is -0.508 e. The number of rotatable bonds is 9. The molecule has 0 bridgehead atoms. The van der Waals surface area contributed by atoms with E-state index in [0.717, 1.165) is 11.1 Å². The molecule has 1 aromatic carbocycles. The van der Waals surface area contributed by atoms with E-state index >= 15 is 0 Å². The summed E-state index contributed by atoms with van der Waals surface area (Å²) in [5, 5.41) is 15.3. The van der Waals surface area contributed by atoms with Gasteiger partial charge in [0.1, 0.15) is 5.75 Å². The molecule has 0 aliphatic heterocycles. The Morgan fingerprint density at radius 1 is 1.09 bits per heavy atom. The van der Waals surface area contributed by atoms with Crippen molar-refractivity contribution < 1.29 is 14.7 Å². The van der Waals surface area contributed by atoms with Gasteiger partial charge in [0.2, 0.25) is 11.8 Å². The van der Waals surface area contributed by atoms with Crippen molar-refractivity contribution in [2.75, 3.05) is 10.6 Å². The van der Waals surface area contributed by atoms with Crippen LogP contribution in [0, 0.1) is 5.41 Å². The Balaban J connectivity index is 2.03. The molecule has 1 aliphatic rings. The van der Waals surface area contributed by atoms with Gasteiger partial charge in [0.05, 0.1) is 11.4 Å². The van der Waals surface area contributed by atoms with E-state index in [1.54, 1.807) is 6.07 Å². The summed E-state index contributed by atoms with van der Waals surface area (Å²) in [5.41, 5.74) is 5.86. The number of phenols is 1. The molecule has 0 aromatic heterocycles. The number of hydrogen-bond donors (Lipinski definition) is 3. The van der Waals surface area contributed by atoms with E-state index in [-0.39, 0.29) is 23.0 Å². The predicted octanol–water partition coefficient (Wildman–Crippen LogP) is 7.60. The summed E-state index contributed by atoms with van der Waals surface area (Å²) in [6.45, 7) is 12.7. The number of phenolic OH excluding ortho intramolecular Hbond substituents is 1. The molecule has 5 nitrogen and oxygen atoms in total. The first-order valence-corrected chi connectivity index (χ1v) is 12.4. The molecule has 3 N–H and O–H groups in total. The molecule has 188 valence electrons. The number of hydrogen-bond acceptors (Lipinski definition) is 3. The molecular formula is C30H40N2O3. The number of aromatic hydroxyl groups is 1. The van der Waals surface area contributed by atoms with Crippen molar-refractivity contribution in [2.45, 2.75) is 73.6 Å². The molecule has 0 saturated heterocycles. The summed E-state index contributed by atoms with van der Waals surface area (Å²) in [7, 11) is 0. The van der Waals surface area contributed by atoms with Gasteiger partial charge in [-0.25, -0.2) is 0 Å². The minimum absolute atomic E-state index is 0.0131. The van der Waals surface area contributed by atoms with E-state index in [0.29, 0.717) is 24.2 Å². The Morgan fingerprint density at radius 2 is 1.83 bits per heavy atom. The van der Waals surface area contributed by atoms with Crippen LogP contribution >= 0.6 is 0 Å². The lowest BCUT2D eigenvalue weighted by atomic mass is 9.72. The van der Waals surface area contributed by atoms with Gasteiger partial charge in [-0.2, -0.15) is 0 Å². The van der Waals surface area contributed by atoms with Crippen LogP contribution < -0.4 is 10.6 Å². The highest BCUT2D eigenvalue weighted by atomic mass is 16.3. The van der Waals surface area contributed by atoms with Gasteiger partial charge >= 0.3 is 0 Å². The van der Waals surface area contributed by atoms with Crippen LogP contribution in [-0.4, -0.2) is 16.9 Å². The van der Waals surface area contributed by atoms with Gasteiger partial charge in [-0.05, 0) is 75.1 Å². The number of amides is 2. The zero-order valence-corrected chi connectivity index (χ0v) is 22.0. The maximum Gasteiger partial charge on any atom is 0.248 e. The van der Waals surface area contributed by atoms with Crippen LogP contribution in [0.3, 0.4) is 0 Å². The molecule has 5 heteroatoms. The monoisotopic (exact) mass is 476 g/mol. The van der Waals surface area contributed by atoms with Crippen LogP contribution in [0.15, 0.2) is 76.9 Å². The Hall–Kier alpha value is -3.34. The molecule has 0 radical (unpaired) electrons. The van der Waals surface area contributed by atoms with Gasteiger partial charge in [0.15, 0.2) is 0 Å². The third-order valence-electron chi connectivity index (χ3n) is 6.14. The second-order valence-electron chi connectivity index (χ2n) is 9.94. The Kier molecular flexibility index (Phi) is 10.3. The zero-order valence-electron chi connectivity index (χ0n) is 22.0. The van der Waals surface area contributed by atoms with Crippen LogP contribution in [0.25, 0.3) is 0 Å². The number of carbonyl (C=O) groups excluding carboxylic acids is 2. The van der Waals surface area contributed by atoms with Crippen LogP contribution in [0.2, 0.25) is 0 Å². The van der Waals surface area contributed by atoms with Crippen molar-refractivity contribution in [3.8, 4) is 5.75 Å². The van der Waals surface area contributed by atoms with E-state index in [1.807, 2.05) is 32.1 Å². The quantitative estimate of drug-likeness (QED) is 0.195. The molecule has 0 saturated carbocycles. The SMILES string of the molecule is CCCC(=O)Nc1cc(O)ccc1NC(=O)/C=C(C)/C=C/C=C(C)\C=C\C1=C(C)CCCC1(C)C. The highest BCUT2D eigenvalue weighted by Gasteiger charge is 2.26. The first-order valence-electron chi connectivity index (χ1n) is 12.4. The fourth-order valence-corrected chi connectivity index (χ4v) is 4.24. The first kappa shape index (κ1) is 27.9. The van der Waals surface area contributed by atoms with E-state index in [9.17, 15) is 14.7 Å². The van der Waals surface area contributed by atoms with Gasteiger partial charge in [0.25, 0.3) is 0 Å². The number of anilines is 2. The molecule has 0 atom stereocenters.